The highest BCUT2D eigenvalue weighted by Gasteiger charge is 2.50. The zero-order chi connectivity index (χ0) is 17.6. The van der Waals surface area contributed by atoms with Gasteiger partial charge in [-0.2, -0.15) is 0 Å². The molecule has 1 fully saturated rings. The van der Waals surface area contributed by atoms with E-state index in [1.165, 1.54) is 0 Å². The van der Waals surface area contributed by atoms with Gasteiger partial charge in [-0.05, 0) is 44.0 Å². The molecule has 0 saturated heterocycles. The molecule has 0 aliphatic heterocycles. The monoisotopic (exact) mass is 334 g/mol. The van der Waals surface area contributed by atoms with Gasteiger partial charge < -0.3 is 20.5 Å². The van der Waals surface area contributed by atoms with E-state index in [9.17, 15) is 14.4 Å². The smallest absolute Gasteiger partial charge is 0.305 e. The molecule has 0 bridgehead atoms. The van der Waals surface area contributed by atoms with Crippen molar-refractivity contribution >= 4 is 23.5 Å². The second-order valence-electron chi connectivity index (χ2n) is 5.85. The van der Waals surface area contributed by atoms with Gasteiger partial charge >= 0.3 is 5.97 Å². The number of aliphatic carboxylic acids is 1. The molecule has 2 rings (SSSR count). The van der Waals surface area contributed by atoms with Crippen LogP contribution in [-0.4, -0.2) is 42.6 Å². The predicted octanol–water partition coefficient (Wildman–Crippen LogP) is 1.65. The van der Waals surface area contributed by atoms with Gasteiger partial charge in [-0.15, -0.1) is 0 Å². The van der Waals surface area contributed by atoms with Crippen molar-refractivity contribution in [1.29, 1.82) is 0 Å². The van der Waals surface area contributed by atoms with Gasteiger partial charge in [0.15, 0.2) is 0 Å². The van der Waals surface area contributed by atoms with E-state index in [1.54, 1.807) is 24.3 Å². The van der Waals surface area contributed by atoms with E-state index < -0.39 is 11.4 Å². The number of hydrogen-bond acceptors (Lipinski definition) is 4. The Hall–Kier alpha value is -2.41. The van der Waals surface area contributed by atoms with Gasteiger partial charge in [0.2, 0.25) is 5.91 Å². The summed E-state index contributed by atoms with van der Waals surface area (Å²) in [4.78, 5) is 34.6. The third-order valence-corrected chi connectivity index (χ3v) is 3.95. The van der Waals surface area contributed by atoms with Gasteiger partial charge in [-0.3, -0.25) is 14.4 Å². The highest BCUT2D eigenvalue weighted by Crippen LogP contribution is 2.46. The molecule has 24 heavy (non-hydrogen) atoms. The molecule has 0 radical (unpaired) electrons. The first-order chi connectivity index (χ1) is 11.5. The van der Waals surface area contributed by atoms with E-state index in [0.29, 0.717) is 24.5 Å². The Balaban J connectivity index is 1.86. The maximum absolute atomic E-state index is 12.3. The Morgan fingerprint density at radius 1 is 1.21 bits per heavy atom. The van der Waals surface area contributed by atoms with Crippen LogP contribution in [0.25, 0.3) is 0 Å². The van der Waals surface area contributed by atoms with E-state index in [4.69, 9.17) is 9.84 Å². The third kappa shape index (κ3) is 4.79. The normalized spacial score (nSPS) is 14.7. The van der Waals surface area contributed by atoms with Crippen molar-refractivity contribution in [3.8, 4) is 0 Å². The molecule has 7 heteroatoms. The fourth-order valence-electron chi connectivity index (χ4n) is 2.24. The van der Waals surface area contributed by atoms with Crippen LogP contribution in [0.5, 0.6) is 0 Å². The molecule has 1 aliphatic carbocycles. The molecule has 0 aromatic heterocycles. The van der Waals surface area contributed by atoms with E-state index in [2.05, 4.69) is 10.6 Å². The Labute approximate surface area is 140 Å². The van der Waals surface area contributed by atoms with Crippen LogP contribution in [-0.2, 0) is 14.3 Å². The van der Waals surface area contributed by atoms with Gasteiger partial charge in [0.1, 0.15) is 0 Å². The molecular formula is C17H22N2O5. The quantitative estimate of drug-likeness (QED) is 0.637. The molecule has 0 heterocycles. The van der Waals surface area contributed by atoms with Crippen LogP contribution in [0.2, 0.25) is 0 Å². The number of carboxylic acid groups (broad SMARTS) is 1. The largest absolute Gasteiger partial charge is 0.481 e. The maximum Gasteiger partial charge on any atom is 0.305 e. The summed E-state index contributed by atoms with van der Waals surface area (Å²) in [6, 6.07) is 6.49. The second kappa shape index (κ2) is 7.92. The molecular weight excluding hydrogens is 312 g/mol. The summed E-state index contributed by atoms with van der Waals surface area (Å²) in [5, 5.41) is 13.9. The van der Waals surface area contributed by atoms with Gasteiger partial charge in [-0.1, -0.05) is 0 Å². The van der Waals surface area contributed by atoms with Gasteiger partial charge in [0.25, 0.3) is 5.91 Å². The number of carboxylic acids is 1. The highest BCUT2D eigenvalue weighted by atomic mass is 16.5. The Bertz CT molecular complexity index is 608. The number of amides is 2. The first-order valence-corrected chi connectivity index (χ1v) is 7.96. The van der Waals surface area contributed by atoms with Crippen LogP contribution in [0, 0.1) is 5.41 Å². The lowest BCUT2D eigenvalue weighted by Gasteiger charge is -2.15. The average molecular weight is 334 g/mol. The van der Waals surface area contributed by atoms with E-state index >= 15 is 0 Å². The minimum absolute atomic E-state index is 0.0605. The first kappa shape index (κ1) is 17.9. The number of hydrogen-bond donors (Lipinski definition) is 3. The summed E-state index contributed by atoms with van der Waals surface area (Å²) in [5.74, 6) is -1.37. The third-order valence-electron chi connectivity index (χ3n) is 3.95. The molecule has 2 amide bonds. The second-order valence-corrected chi connectivity index (χ2v) is 5.85. The number of carbonyl (C=O) groups excluding carboxylic acids is 2. The van der Waals surface area contributed by atoms with Crippen LogP contribution < -0.4 is 10.6 Å². The highest BCUT2D eigenvalue weighted by molar-refractivity contribution is 5.98. The summed E-state index contributed by atoms with van der Waals surface area (Å²) in [6.07, 6.45) is 1.52. The SMILES string of the molecule is CCOCC1(C(=O)Nc2ccc(C(=O)NCCC(=O)O)cc2)CC1. The van der Waals surface area contributed by atoms with Crippen molar-refractivity contribution < 1.29 is 24.2 Å². The Morgan fingerprint density at radius 3 is 2.42 bits per heavy atom. The maximum atomic E-state index is 12.3. The lowest BCUT2D eigenvalue weighted by molar-refractivity contribution is -0.136. The number of rotatable bonds is 9. The lowest BCUT2D eigenvalue weighted by atomic mass is 10.1. The minimum Gasteiger partial charge on any atom is -0.481 e. The van der Waals surface area contributed by atoms with Crippen molar-refractivity contribution in [3.05, 3.63) is 29.8 Å². The van der Waals surface area contributed by atoms with Crippen LogP contribution in [0.1, 0.15) is 36.5 Å². The first-order valence-electron chi connectivity index (χ1n) is 7.96. The summed E-state index contributed by atoms with van der Waals surface area (Å²) >= 11 is 0. The molecule has 0 atom stereocenters. The van der Waals surface area contributed by atoms with Crippen LogP contribution in [0.3, 0.4) is 0 Å². The molecule has 130 valence electrons. The molecule has 0 unspecified atom stereocenters. The topological polar surface area (TPSA) is 105 Å². The van der Waals surface area contributed by atoms with Gasteiger partial charge in [0, 0.05) is 24.4 Å². The molecule has 1 aliphatic rings. The molecule has 1 saturated carbocycles. The van der Waals surface area contributed by atoms with E-state index in [1.807, 2.05) is 6.92 Å². The number of carbonyl (C=O) groups is 3. The Kier molecular flexibility index (Phi) is 5.92. The van der Waals surface area contributed by atoms with E-state index in [-0.39, 0.29) is 24.8 Å². The molecule has 1 aromatic rings. The number of anilines is 1. The van der Waals surface area contributed by atoms with Gasteiger partial charge in [0.05, 0.1) is 18.4 Å². The fraction of sp³-hybridized carbons (Fsp3) is 0.471. The standard InChI is InChI=1S/C17H22N2O5/c1-2-24-11-17(8-9-17)16(23)19-13-5-3-12(4-6-13)15(22)18-10-7-14(20)21/h3-6H,2,7-11H2,1H3,(H,18,22)(H,19,23)(H,20,21). The lowest BCUT2D eigenvalue weighted by Crippen LogP contribution is -2.28. The Morgan fingerprint density at radius 2 is 1.88 bits per heavy atom. The summed E-state index contributed by atoms with van der Waals surface area (Å²) < 4.78 is 5.37. The number of ether oxygens (including phenoxy) is 1. The van der Waals surface area contributed by atoms with Crippen LogP contribution in [0.15, 0.2) is 24.3 Å². The summed E-state index contributed by atoms with van der Waals surface area (Å²) in [6.45, 7) is 2.99. The molecule has 1 aromatic carbocycles. The average Bonchev–Trinajstić information content (AvgIpc) is 3.34. The van der Waals surface area contributed by atoms with Crippen molar-refractivity contribution in [2.75, 3.05) is 25.1 Å². The minimum atomic E-state index is -0.964. The van der Waals surface area contributed by atoms with Crippen molar-refractivity contribution in [3.63, 3.8) is 0 Å². The summed E-state index contributed by atoms with van der Waals surface area (Å²) in [7, 11) is 0. The van der Waals surface area contributed by atoms with E-state index in [0.717, 1.165) is 12.8 Å². The number of benzene rings is 1. The van der Waals surface area contributed by atoms with Crippen LogP contribution >= 0.6 is 0 Å². The predicted molar refractivity (Wildman–Crippen MR) is 87.8 cm³/mol. The van der Waals surface area contributed by atoms with Crippen molar-refractivity contribution in [2.45, 2.75) is 26.2 Å². The van der Waals surface area contributed by atoms with Crippen LogP contribution in [0.4, 0.5) is 5.69 Å². The molecule has 0 spiro atoms. The molecule has 7 nitrogen and oxygen atoms in total. The zero-order valence-electron chi connectivity index (χ0n) is 13.6. The van der Waals surface area contributed by atoms with Crippen molar-refractivity contribution in [2.24, 2.45) is 5.41 Å². The number of nitrogens with one attached hydrogen (secondary N) is 2. The summed E-state index contributed by atoms with van der Waals surface area (Å²) in [5.41, 5.74) is 0.613. The van der Waals surface area contributed by atoms with Crippen molar-refractivity contribution in [1.82, 2.24) is 5.32 Å². The van der Waals surface area contributed by atoms with Gasteiger partial charge in [-0.25, -0.2) is 0 Å². The zero-order valence-corrected chi connectivity index (χ0v) is 13.6. The fourth-order valence-corrected chi connectivity index (χ4v) is 2.24. The molecule has 3 N–H and O–H groups in total.